The molecule has 0 spiro atoms. The molecule has 1 heterocycles. The van der Waals surface area contributed by atoms with Crippen LogP contribution in [0.4, 0.5) is 11.4 Å². The van der Waals surface area contributed by atoms with Crippen molar-refractivity contribution in [3.05, 3.63) is 78.1 Å². The zero-order valence-corrected chi connectivity index (χ0v) is 16.9. The van der Waals surface area contributed by atoms with Gasteiger partial charge in [-0.05, 0) is 60.7 Å². The van der Waals surface area contributed by atoms with E-state index in [1.165, 1.54) is 41.3 Å². The Morgan fingerprint density at radius 2 is 1.13 bits per heavy atom. The second kappa shape index (κ2) is 11.0. The van der Waals surface area contributed by atoms with Crippen molar-refractivity contribution in [3.63, 3.8) is 0 Å². The van der Waals surface area contributed by atoms with E-state index in [1.807, 2.05) is 0 Å². The van der Waals surface area contributed by atoms with Crippen molar-refractivity contribution in [3.8, 4) is 11.5 Å². The van der Waals surface area contributed by atoms with E-state index in [1.54, 1.807) is 44.4 Å². The molecule has 0 unspecified atom stereocenters. The van der Waals surface area contributed by atoms with Gasteiger partial charge >= 0.3 is 0 Å². The molecule has 3 aromatic rings. The highest BCUT2D eigenvalue weighted by Crippen LogP contribution is 2.16. The van der Waals surface area contributed by atoms with Gasteiger partial charge in [-0.3, -0.25) is 14.4 Å². The normalized spacial score (nSPS) is 9.61. The number of hydrogen-bond acceptors (Lipinski definition) is 6. The number of anilines is 2. The van der Waals surface area contributed by atoms with Crippen molar-refractivity contribution in [2.45, 2.75) is 0 Å². The third kappa shape index (κ3) is 7.50. The second-order valence-electron chi connectivity index (χ2n) is 6.48. The molecule has 31 heavy (non-hydrogen) atoms. The standard InChI is InChI=1S/C19H15N3O4.C3H7NO/c23-14-8-4-12(5-9-14)20-18(25)16-2-1-3-17(22-16)19(26)21-13-6-10-15(24)11-7-13;1-4(2)3-5/h1-11,23-24H,(H,20,25)(H,21,26);3H,1-2H3. The molecule has 2 aromatic carbocycles. The van der Waals surface area contributed by atoms with Gasteiger partial charge in [0.1, 0.15) is 22.9 Å². The molecule has 3 rings (SSSR count). The largest absolute Gasteiger partial charge is 0.508 e. The SMILES string of the molecule is CN(C)C=O.O=C(Nc1ccc(O)cc1)c1cccc(C(=O)Nc2ccc(O)cc2)n1. The van der Waals surface area contributed by atoms with E-state index < -0.39 is 11.8 Å². The summed E-state index contributed by atoms with van der Waals surface area (Å²) < 4.78 is 0. The highest BCUT2D eigenvalue weighted by atomic mass is 16.3. The maximum atomic E-state index is 12.3. The van der Waals surface area contributed by atoms with E-state index in [0.717, 1.165) is 6.41 Å². The van der Waals surface area contributed by atoms with Crippen LogP contribution in [0.5, 0.6) is 11.5 Å². The van der Waals surface area contributed by atoms with E-state index in [9.17, 15) is 24.6 Å². The first kappa shape index (κ1) is 22.9. The lowest BCUT2D eigenvalue weighted by atomic mass is 10.2. The van der Waals surface area contributed by atoms with Crippen LogP contribution in [0.1, 0.15) is 21.0 Å². The Bertz CT molecular complexity index is 960. The summed E-state index contributed by atoms with van der Waals surface area (Å²) >= 11 is 0. The Morgan fingerprint density at radius 1 is 0.774 bits per heavy atom. The first-order valence-electron chi connectivity index (χ1n) is 9.08. The summed E-state index contributed by atoms with van der Waals surface area (Å²) in [6.45, 7) is 0. The number of phenols is 2. The number of benzene rings is 2. The number of rotatable bonds is 5. The van der Waals surface area contributed by atoms with Crippen LogP contribution in [-0.2, 0) is 4.79 Å². The van der Waals surface area contributed by atoms with Gasteiger partial charge in [0.2, 0.25) is 6.41 Å². The Kier molecular flexibility index (Phi) is 8.09. The van der Waals surface area contributed by atoms with Crippen LogP contribution >= 0.6 is 0 Å². The molecule has 0 bridgehead atoms. The van der Waals surface area contributed by atoms with Crippen LogP contribution in [0.3, 0.4) is 0 Å². The topological polar surface area (TPSA) is 132 Å². The Hall–Kier alpha value is -4.40. The number of hydrogen-bond donors (Lipinski definition) is 4. The minimum absolute atomic E-state index is 0.0800. The molecule has 0 aliphatic heterocycles. The van der Waals surface area contributed by atoms with Crippen molar-refractivity contribution >= 4 is 29.6 Å². The van der Waals surface area contributed by atoms with Crippen LogP contribution in [0.2, 0.25) is 0 Å². The van der Waals surface area contributed by atoms with Crippen molar-refractivity contribution in [2.75, 3.05) is 24.7 Å². The average Bonchev–Trinajstić information content (AvgIpc) is 2.77. The molecule has 9 heteroatoms. The third-order valence-electron chi connectivity index (χ3n) is 3.68. The number of pyridine rings is 1. The fraction of sp³-hybridized carbons (Fsp3) is 0.0909. The Morgan fingerprint density at radius 3 is 1.45 bits per heavy atom. The molecular formula is C22H22N4O5. The number of carbonyl (C=O) groups excluding carboxylic acids is 3. The zero-order chi connectivity index (χ0) is 22.8. The van der Waals surface area contributed by atoms with E-state index in [4.69, 9.17) is 0 Å². The Balaban J connectivity index is 0.000000614. The van der Waals surface area contributed by atoms with Gasteiger partial charge in [0.25, 0.3) is 11.8 Å². The number of aromatic nitrogens is 1. The summed E-state index contributed by atoms with van der Waals surface area (Å²) in [7, 11) is 3.38. The zero-order valence-electron chi connectivity index (χ0n) is 16.9. The van der Waals surface area contributed by atoms with Gasteiger partial charge in [0.15, 0.2) is 0 Å². The molecule has 0 fully saturated rings. The van der Waals surface area contributed by atoms with Crippen LogP contribution < -0.4 is 10.6 Å². The highest BCUT2D eigenvalue weighted by Gasteiger charge is 2.13. The van der Waals surface area contributed by atoms with Gasteiger partial charge < -0.3 is 25.7 Å². The molecular weight excluding hydrogens is 400 g/mol. The van der Waals surface area contributed by atoms with Crippen molar-refractivity contribution in [2.24, 2.45) is 0 Å². The lowest BCUT2D eigenvalue weighted by Crippen LogP contribution is -2.18. The molecule has 160 valence electrons. The number of aromatic hydroxyl groups is 2. The summed E-state index contributed by atoms with van der Waals surface area (Å²) in [5.74, 6) is -0.770. The molecule has 0 saturated carbocycles. The quantitative estimate of drug-likeness (QED) is 0.369. The third-order valence-corrected chi connectivity index (χ3v) is 3.68. The molecule has 0 aliphatic rings. The van der Waals surface area contributed by atoms with Crippen LogP contribution in [0.25, 0.3) is 0 Å². The molecule has 1 aromatic heterocycles. The fourth-order valence-electron chi connectivity index (χ4n) is 2.17. The maximum absolute atomic E-state index is 12.3. The summed E-state index contributed by atoms with van der Waals surface area (Å²) in [5, 5.41) is 23.8. The molecule has 0 radical (unpaired) electrons. The van der Waals surface area contributed by atoms with E-state index in [2.05, 4.69) is 15.6 Å². The van der Waals surface area contributed by atoms with Gasteiger partial charge in [0.05, 0.1) is 0 Å². The smallest absolute Gasteiger partial charge is 0.274 e. The highest BCUT2D eigenvalue weighted by molar-refractivity contribution is 6.06. The van der Waals surface area contributed by atoms with E-state index >= 15 is 0 Å². The maximum Gasteiger partial charge on any atom is 0.274 e. The van der Waals surface area contributed by atoms with Crippen molar-refractivity contribution < 1.29 is 24.6 Å². The molecule has 9 nitrogen and oxygen atoms in total. The van der Waals surface area contributed by atoms with Gasteiger partial charge in [-0.1, -0.05) is 6.07 Å². The Labute approximate surface area is 179 Å². The van der Waals surface area contributed by atoms with Crippen LogP contribution in [0.15, 0.2) is 66.7 Å². The second-order valence-corrected chi connectivity index (χ2v) is 6.48. The summed E-state index contributed by atoms with van der Waals surface area (Å²) in [5.41, 5.74) is 1.15. The molecule has 4 N–H and O–H groups in total. The summed E-state index contributed by atoms with van der Waals surface area (Å²) in [4.78, 5) is 39.5. The van der Waals surface area contributed by atoms with Gasteiger partial charge in [-0.25, -0.2) is 4.98 Å². The fourth-order valence-corrected chi connectivity index (χ4v) is 2.17. The monoisotopic (exact) mass is 422 g/mol. The number of phenolic OH excluding ortho intramolecular Hbond substituents is 2. The van der Waals surface area contributed by atoms with Crippen molar-refractivity contribution in [1.29, 1.82) is 0 Å². The summed E-state index contributed by atoms with van der Waals surface area (Å²) in [6.07, 6.45) is 0.750. The van der Waals surface area contributed by atoms with Crippen LogP contribution in [0, 0.1) is 0 Å². The van der Waals surface area contributed by atoms with E-state index in [0.29, 0.717) is 11.4 Å². The van der Waals surface area contributed by atoms with Crippen molar-refractivity contribution in [1.82, 2.24) is 9.88 Å². The van der Waals surface area contributed by atoms with Crippen LogP contribution in [-0.4, -0.2) is 52.4 Å². The predicted molar refractivity (Wildman–Crippen MR) is 116 cm³/mol. The number of nitrogens with zero attached hydrogens (tertiary/aromatic N) is 2. The molecule has 3 amide bonds. The lowest BCUT2D eigenvalue weighted by Gasteiger charge is -2.07. The molecule has 0 aliphatic carbocycles. The molecule has 0 saturated heterocycles. The first-order chi connectivity index (χ1) is 14.8. The lowest BCUT2D eigenvalue weighted by molar-refractivity contribution is -0.115. The summed E-state index contributed by atoms with van der Waals surface area (Å²) in [6, 6.07) is 16.5. The average molecular weight is 422 g/mol. The number of nitrogens with one attached hydrogen (secondary N) is 2. The minimum Gasteiger partial charge on any atom is -0.508 e. The van der Waals surface area contributed by atoms with Gasteiger partial charge in [-0.2, -0.15) is 0 Å². The number of amides is 3. The first-order valence-corrected chi connectivity index (χ1v) is 9.08. The predicted octanol–water partition coefficient (Wildman–Crippen LogP) is 2.70. The van der Waals surface area contributed by atoms with Gasteiger partial charge in [-0.15, -0.1) is 0 Å². The number of carbonyl (C=O) groups is 3. The van der Waals surface area contributed by atoms with Gasteiger partial charge in [0, 0.05) is 25.5 Å². The van der Waals surface area contributed by atoms with E-state index in [-0.39, 0.29) is 22.9 Å². The minimum atomic E-state index is -0.477. The molecule has 0 atom stereocenters.